The smallest absolute Gasteiger partial charge is 0.440 e. The van der Waals surface area contributed by atoms with Crippen molar-refractivity contribution in [3.05, 3.63) is 0 Å². The van der Waals surface area contributed by atoms with Crippen LogP contribution < -0.4 is 0 Å². The molecule has 1 atom stereocenters. The first-order valence-electron chi connectivity index (χ1n) is 7.10. The van der Waals surface area contributed by atoms with Crippen LogP contribution in [0.4, 0.5) is 13.2 Å². The number of alkyl halides is 3. The molecule has 20 heavy (non-hydrogen) atoms. The first-order chi connectivity index (χ1) is 9.38. The second-order valence-corrected chi connectivity index (χ2v) is 5.63. The average molecular weight is 294 g/mol. The third-order valence-corrected chi connectivity index (χ3v) is 4.12. The van der Waals surface area contributed by atoms with E-state index in [1.165, 1.54) is 0 Å². The Hall–Kier alpha value is -0.820. The van der Waals surface area contributed by atoms with Crippen LogP contribution in [0.2, 0.25) is 0 Å². The van der Waals surface area contributed by atoms with Crippen LogP contribution in [0.15, 0.2) is 0 Å². The Morgan fingerprint density at radius 2 is 1.75 bits per heavy atom. The fourth-order valence-corrected chi connectivity index (χ4v) is 2.98. The summed E-state index contributed by atoms with van der Waals surface area (Å²) in [7, 11) is 2.04. The number of carbonyl (C=O) groups is 1. The zero-order valence-electron chi connectivity index (χ0n) is 11.7. The highest BCUT2D eigenvalue weighted by atomic mass is 19.4. The lowest BCUT2D eigenvalue weighted by atomic mass is 9.99. The molecule has 0 radical (unpaired) electrons. The van der Waals surface area contributed by atoms with E-state index in [9.17, 15) is 18.0 Å². The zero-order chi connectivity index (χ0) is 14.8. The number of piperidine rings is 2. The molecule has 0 aliphatic carbocycles. The highest BCUT2D eigenvalue weighted by Crippen LogP contribution is 2.27. The molecule has 0 N–H and O–H groups in total. The Kier molecular flexibility index (Phi) is 4.90. The van der Waals surface area contributed by atoms with Crippen molar-refractivity contribution in [3.63, 3.8) is 0 Å². The van der Waals surface area contributed by atoms with E-state index in [4.69, 9.17) is 4.74 Å². The van der Waals surface area contributed by atoms with Gasteiger partial charge in [0.1, 0.15) is 0 Å². The van der Waals surface area contributed by atoms with Gasteiger partial charge in [-0.3, -0.25) is 4.90 Å². The second kappa shape index (κ2) is 6.30. The maximum Gasteiger partial charge on any atom is 0.490 e. The Morgan fingerprint density at radius 1 is 1.10 bits per heavy atom. The molecule has 0 aromatic heterocycles. The van der Waals surface area contributed by atoms with E-state index in [1.54, 1.807) is 0 Å². The fraction of sp³-hybridized carbons (Fsp3) is 0.923. The normalized spacial score (nSPS) is 27.5. The zero-order valence-corrected chi connectivity index (χ0v) is 11.7. The third-order valence-electron chi connectivity index (χ3n) is 4.12. The molecule has 4 nitrogen and oxygen atoms in total. The minimum absolute atomic E-state index is 0.220. The first kappa shape index (κ1) is 15.6. The van der Waals surface area contributed by atoms with Gasteiger partial charge in [-0.2, -0.15) is 13.2 Å². The number of halogens is 3. The molecular formula is C13H21F3N2O2. The Bertz CT molecular complexity index is 341. The molecule has 2 rings (SSSR count). The predicted molar refractivity (Wildman–Crippen MR) is 67.0 cm³/mol. The topological polar surface area (TPSA) is 32.8 Å². The summed E-state index contributed by atoms with van der Waals surface area (Å²) >= 11 is 0. The summed E-state index contributed by atoms with van der Waals surface area (Å²) in [6.07, 6.45) is -1.55. The number of hydrogen-bond donors (Lipinski definition) is 0. The van der Waals surface area contributed by atoms with Gasteiger partial charge in [-0.15, -0.1) is 0 Å². The number of rotatable bonds is 2. The van der Waals surface area contributed by atoms with Gasteiger partial charge in [-0.25, -0.2) is 4.79 Å². The van der Waals surface area contributed by atoms with Crippen molar-refractivity contribution in [1.29, 1.82) is 0 Å². The van der Waals surface area contributed by atoms with Gasteiger partial charge in [0, 0.05) is 12.6 Å². The van der Waals surface area contributed by atoms with Crippen molar-refractivity contribution in [2.45, 2.75) is 50.6 Å². The molecule has 2 aliphatic heterocycles. The molecule has 116 valence electrons. The fourth-order valence-electron chi connectivity index (χ4n) is 2.98. The summed E-state index contributed by atoms with van der Waals surface area (Å²) in [6, 6.07) is 0.220. The minimum Gasteiger partial charge on any atom is -0.440 e. The molecule has 0 spiro atoms. The molecule has 0 saturated carbocycles. The SMILES string of the molecule is CN1CCC(N2CCCCC2OC(=O)C(F)(F)F)CC1. The molecule has 7 heteroatoms. The number of carbonyl (C=O) groups excluding carboxylic acids is 1. The summed E-state index contributed by atoms with van der Waals surface area (Å²) in [5.74, 6) is -2.07. The van der Waals surface area contributed by atoms with Crippen LogP contribution in [0.25, 0.3) is 0 Å². The molecule has 1 unspecified atom stereocenters. The number of likely N-dealkylation sites (tertiary alicyclic amines) is 2. The Morgan fingerprint density at radius 3 is 2.35 bits per heavy atom. The van der Waals surface area contributed by atoms with Crippen LogP contribution in [0.1, 0.15) is 32.1 Å². The quantitative estimate of drug-likeness (QED) is 0.729. The van der Waals surface area contributed by atoms with Gasteiger partial charge in [0.05, 0.1) is 0 Å². The van der Waals surface area contributed by atoms with E-state index in [0.717, 1.165) is 38.8 Å². The van der Waals surface area contributed by atoms with E-state index in [2.05, 4.69) is 4.90 Å². The molecule has 2 heterocycles. The van der Waals surface area contributed by atoms with Crippen molar-refractivity contribution >= 4 is 5.97 Å². The molecule has 0 amide bonds. The van der Waals surface area contributed by atoms with E-state index in [-0.39, 0.29) is 6.04 Å². The molecule has 2 aliphatic rings. The summed E-state index contributed by atoms with van der Waals surface area (Å²) in [4.78, 5) is 15.2. The third kappa shape index (κ3) is 3.85. The predicted octanol–water partition coefficient (Wildman–Crippen LogP) is 2.00. The maximum atomic E-state index is 12.3. The van der Waals surface area contributed by atoms with E-state index in [0.29, 0.717) is 13.0 Å². The van der Waals surface area contributed by atoms with Gasteiger partial charge in [-0.05, 0) is 52.2 Å². The molecule has 0 aromatic carbocycles. The van der Waals surface area contributed by atoms with Crippen molar-refractivity contribution in [2.24, 2.45) is 0 Å². The molecule has 2 fully saturated rings. The van der Waals surface area contributed by atoms with E-state index in [1.807, 2.05) is 11.9 Å². The lowest BCUT2D eigenvalue weighted by Crippen LogP contribution is -2.52. The number of esters is 1. The van der Waals surface area contributed by atoms with Crippen molar-refractivity contribution in [1.82, 2.24) is 9.80 Å². The van der Waals surface area contributed by atoms with Gasteiger partial charge >= 0.3 is 12.1 Å². The summed E-state index contributed by atoms with van der Waals surface area (Å²) in [5.41, 5.74) is 0. The monoisotopic (exact) mass is 294 g/mol. The van der Waals surface area contributed by atoms with E-state index >= 15 is 0 Å². The van der Waals surface area contributed by atoms with Gasteiger partial charge in [-0.1, -0.05) is 0 Å². The van der Waals surface area contributed by atoms with Crippen LogP contribution in [0, 0.1) is 0 Å². The van der Waals surface area contributed by atoms with Crippen molar-refractivity contribution in [2.75, 3.05) is 26.7 Å². The van der Waals surface area contributed by atoms with Crippen LogP contribution >= 0.6 is 0 Å². The second-order valence-electron chi connectivity index (χ2n) is 5.63. The van der Waals surface area contributed by atoms with Crippen LogP contribution in [-0.4, -0.2) is 60.9 Å². The first-order valence-corrected chi connectivity index (χ1v) is 7.10. The molecular weight excluding hydrogens is 273 g/mol. The van der Waals surface area contributed by atoms with E-state index < -0.39 is 18.4 Å². The Labute approximate surface area is 116 Å². The van der Waals surface area contributed by atoms with Crippen molar-refractivity contribution < 1.29 is 22.7 Å². The average Bonchev–Trinajstić information content (AvgIpc) is 2.39. The van der Waals surface area contributed by atoms with Crippen LogP contribution in [-0.2, 0) is 9.53 Å². The summed E-state index contributed by atoms with van der Waals surface area (Å²) in [6.45, 7) is 2.58. The number of ether oxygens (including phenoxy) is 1. The Balaban J connectivity index is 1.96. The molecule has 0 aromatic rings. The standard InChI is InChI=1S/C13H21F3N2O2/c1-17-8-5-10(6-9-17)18-7-3-2-4-11(18)20-12(19)13(14,15)16/h10-11H,2-9H2,1H3. The lowest BCUT2D eigenvalue weighted by molar-refractivity contribution is -0.217. The minimum atomic E-state index is -4.91. The van der Waals surface area contributed by atoms with Gasteiger partial charge in [0.15, 0.2) is 6.23 Å². The van der Waals surface area contributed by atoms with Gasteiger partial charge in [0.25, 0.3) is 0 Å². The highest BCUT2D eigenvalue weighted by molar-refractivity contribution is 5.75. The highest BCUT2D eigenvalue weighted by Gasteiger charge is 2.44. The van der Waals surface area contributed by atoms with Crippen LogP contribution in [0.5, 0.6) is 0 Å². The van der Waals surface area contributed by atoms with Crippen LogP contribution in [0.3, 0.4) is 0 Å². The lowest BCUT2D eigenvalue weighted by Gasteiger charge is -2.43. The molecule has 0 bridgehead atoms. The number of nitrogens with zero attached hydrogens (tertiary/aromatic N) is 2. The van der Waals surface area contributed by atoms with Gasteiger partial charge in [0.2, 0.25) is 0 Å². The summed E-state index contributed by atoms with van der Waals surface area (Å²) < 4.78 is 41.7. The largest absolute Gasteiger partial charge is 0.490 e. The number of hydrogen-bond acceptors (Lipinski definition) is 4. The summed E-state index contributed by atoms with van der Waals surface area (Å²) in [5, 5.41) is 0. The van der Waals surface area contributed by atoms with Crippen molar-refractivity contribution in [3.8, 4) is 0 Å². The molecule has 2 saturated heterocycles. The maximum absolute atomic E-state index is 12.3. The van der Waals surface area contributed by atoms with Gasteiger partial charge < -0.3 is 9.64 Å².